The van der Waals surface area contributed by atoms with Crippen LogP contribution in [-0.4, -0.2) is 51.2 Å². The number of amides is 1. The molecule has 1 aliphatic carbocycles. The lowest BCUT2D eigenvalue weighted by molar-refractivity contribution is -0.121. The molecule has 1 atom stereocenters. The Labute approximate surface area is 153 Å². The van der Waals surface area contributed by atoms with E-state index in [0.29, 0.717) is 10.9 Å². The Balaban J connectivity index is 1.58. The third kappa shape index (κ3) is 4.44. The molecule has 0 bridgehead atoms. The highest BCUT2D eigenvalue weighted by Crippen LogP contribution is 2.37. The van der Waals surface area contributed by atoms with Crippen LogP contribution in [-0.2, 0) is 4.79 Å². The van der Waals surface area contributed by atoms with Crippen LogP contribution in [0.25, 0.3) is 0 Å². The number of carbonyl (C=O) groups is 1. The number of nitrogens with zero attached hydrogens (tertiary/aromatic N) is 2. The summed E-state index contributed by atoms with van der Waals surface area (Å²) < 4.78 is 0. The molecular formula is C18H28N4O2S. The fourth-order valence-corrected chi connectivity index (χ4v) is 4.93. The summed E-state index contributed by atoms with van der Waals surface area (Å²) in [6, 6.07) is 1.45. The zero-order chi connectivity index (χ0) is 17.9. The van der Waals surface area contributed by atoms with Crippen molar-refractivity contribution in [1.29, 1.82) is 0 Å². The van der Waals surface area contributed by atoms with Crippen molar-refractivity contribution in [2.75, 3.05) is 19.6 Å². The first kappa shape index (κ1) is 18.5. The number of hydrogen-bond donors (Lipinski definition) is 2. The van der Waals surface area contributed by atoms with Gasteiger partial charge in [-0.05, 0) is 52.6 Å². The molecule has 1 saturated carbocycles. The molecule has 0 aromatic carbocycles. The summed E-state index contributed by atoms with van der Waals surface area (Å²) in [5.74, 6) is 0.0135. The van der Waals surface area contributed by atoms with Crippen LogP contribution >= 0.6 is 11.8 Å². The van der Waals surface area contributed by atoms with Crippen molar-refractivity contribution < 1.29 is 4.79 Å². The third-order valence-electron chi connectivity index (χ3n) is 5.41. The van der Waals surface area contributed by atoms with Crippen molar-refractivity contribution in [3.8, 4) is 0 Å². The van der Waals surface area contributed by atoms with E-state index in [4.69, 9.17) is 0 Å². The average Bonchev–Trinajstić information content (AvgIpc) is 3.23. The molecule has 1 amide bonds. The van der Waals surface area contributed by atoms with Gasteiger partial charge in [0.05, 0.1) is 5.25 Å². The van der Waals surface area contributed by atoms with Gasteiger partial charge in [0, 0.05) is 23.8 Å². The summed E-state index contributed by atoms with van der Waals surface area (Å²) in [5.41, 5.74) is 0.645. The lowest BCUT2D eigenvalue weighted by Crippen LogP contribution is -2.53. The highest BCUT2D eigenvalue weighted by atomic mass is 32.2. The molecule has 1 aromatic rings. The normalized spacial score (nSPS) is 21.4. The van der Waals surface area contributed by atoms with Crippen molar-refractivity contribution in [1.82, 2.24) is 20.2 Å². The van der Waals surface area contributed by atoms with Gasteiger partial charge in [0.1, 0.15) is 0 Å². The minimum atomic E-state index is -0.290. The van der Waals surface area contributed by atoms with E-state index in [-0.39, 0.29) is 22.3 Å². The van der Waals surface area contributed by atoms with E-state index in [0.717, 1.165) is 19.6 Å². The van der Waals surface area contributed by atoms with Gasteiger partial charge in [0.25, 0.3) is 5.56 Å². The first-order chi connectivity index (χ1) is 12.0. The number of thioether (sulfide) groups is 1. The minimum absolute atomic E-state index is 0.0135. The zero-order valence-corrected chi connectivity index (χ0v) is 16.0. The second-order valence-corrected chi connectivity index (χ2v) is 8.62. The van der Waals surface area contributed by atoms with Crippen molar-refractivity contribution in [3.05, 3.63) is 22.1 Å². The Bertz CT molecular complexity index is 663. The molecule has 1 saturated heterocycles. The molecule has 2 N–H and O–H groups in total. The summed E-state index contributed by atoms with van der Waals surface area (Å²) >= 11 is 1.30. The lowest BCUT2D eigenvalue weighted by atomic mass is 9.95. The van der Waals surface area contributed by atoms with E-state index in [9.17, 15) is 9.59 Å². The number of nitrogens with one attached hydrogen (secondary N) is 2. The molecule has 1 aromatic heterocycles. The van der Waals surface area contributed by atoms with Gasteiger partial charge < -0.3 is 10.3 Å². The van der Waals surface area contributed by atoms with E-state index in [2.05, 4.69) is 20.2 Å². The number of aromatic amines is 1. The van der Waals surface area contributed by atoms with Crippen molar-refractivity contribution >= 4 is 17.7 Å². The van der Waals surface area contributed by atoms with Crippen LogP contribution in [0.1, 0.15) is 51.1 Å². The van der Waals surface area contributed by atoms with Crippen LogP contribution in [0.5, 0.6) is 0 Å². The molecule has 2 fully saturated rings. The van der Waals surface area contributed by atoms with E-state index in [1.54, 1.807) is 6.92 Å². The molecule has 6 nitrogen and oxygen atoms in total. The molecule has 138 valence electrons. The maximum absolute atomic E-state index is 12.6. The summed E-state index contributed by atoms with van der Waals surface area (Å²) in [7, 11) is 0. The van der Waals surface area contributed by atoms with Gasteiger partial charge in [-0.25, -0.2) is 4.98 Å². The Morgan fingerprint density at radius 2 is 2.04 bits per heavy atom. The second kappa shape index (κ2) is 7.91. The van der Waals surface area contributed by atoms with Crippen molar-refractivity contribution in [2.24, 2.45) is 0 Å². The molecule has 3 rings (SSSR count). The van der Waals surface area contributed by atoms with E-state index < -0.39 is 0 Å². The predicted molar refractivity (Wildman–Crippen MR) is 99.9 cm³/mol. The van der Waals surface area contributed by atoms with Gasteiger partial charge in [0.15, 0.2) is 5.16 Å². The Kier molecular flexibility index (Phi) is 5.84. The number of hydrogen-bond acceptors (Lipinski definition) is 5. The number of rotatable bonds is 6. The SMILES string of the molecule is Cc1cc(=O)[nH]c(S[C@H](C)C(=O)NCC2(N3CCCC3)CCCC2)n1. The topological polar surface area (TPSA) is 78.1 Å². The summed E-state index contributed by atoms with van der Waals surface area (Å²) in [4.78, 5) is 33.7. The Morgan fingerprint density at radius 1 is 1.36 bits per heavy atom. The van der Waals surface area contributed by atoms with Gasteiger partial charge in [-0.3, -0.25) is 14.5 Å². The third-order valence-corrected chi connectivity index (χ3v) is 6.39. The number of H-pyrrole nitrogens is 1. The molecule has 25 heavy (non-hydrogen) atoms. The van der Waals surface area contributed by atoms with Gasteiger partial charge in [-0.15, -0.1) is 0 Å². The predicted octanol–water partition coefficient (Wildman–Crippen LogP) is 2.08. The number of aromatic nitrogens is 2. The fraction of sp³-hybridized carbons (Fsp3) is 0.722. The summed E-state index contributed by atoms with van der Waals surface area (Å²) in [5, 5.41) is 3.38. The van der Waals surface area contributed by atoms with Crippen LogP contribution in [0.3, 0.4) is 0 Å². The lowest BCUT2D eigenvalue weighted by Gasteiger charge is -2.39. The molecule has 2 aliphatic rings. The summed E-state index contributed by atoms with van der Waals surface area (Å²) in [6.07, 6.45) is 7.42. The molecule has 7 heteroatoms. The minimum Gasteiger partial charge on any atom is -0.353 e. The summed E-state index contributed by atoms with van der Waals surface area (Å²) in [6.45, 7) is 6.70. The highest BCUT2D eigenvalue weighted by Gasteiger charge is 2.40. The average molecular weight is 365 g/mol. The fourth-order valence-electron chi connectivity index (χ4n) is 4.05. The number of aryl methyl sites for hydroxylation is 1. The Morgan fingerprint density at radius 3 is 2.68 bits per heavy atom. The Hall–Kier alpha value is -1.34. The maximum Gasteiger partial charge on any atom is 0.251 e. The first-order valence-electron chi connectivity index (χ1n) is 9.26. The molecular weight excluding hydrogens is 336 g/mol. The smallest absolute Gasteiger partial charge is 0.251 e. The largest absolute Gasteiger partial charge is 0.353 e. The van der Waals surface area contributed by atoms with Gasteiger partial charge in [-0.2, -0.15) is 0 Å². The number of likely N-dealkylation sites (tertiary alicyclic amines) is 1. The molecule has 0 spiro atoms. The molecule has 2 heterocycles. The standard InChI is InChI=1S/C18H28N4O2S/c1-13-11-15(23)21-17(20-13)25-14(2)16(24)19-12-18(7-3-4-8-18)22-9-5-6-10-22/h11,14H,3-10,12H2,1-2H3,(H,19,24)(H,20,21,23)/t14-/m1/s1. The van der Waals surface area contributed by atoms with E-state index in [1.807, 2.05) is 6.92 Å². The van der Waals surface area contributed by atoms with Gasteiger partial charge in [0.2, 0.25) is 5.91 Å². The van der Waals surface area contributed by atoms with Crippen molar-refractivity contribution in [3.63, 3.8) is 0 Å². The van der Waals surface area contributed by atoms with Crippen LogP contribution in [0, 0.1) is 6.92 Å². The quantitative estimate of drug-likeness (QED) is 0.597. The van der Waals surface area contributed by atoms with Crippen LogP contribution in [0.2, 0.25) is 0 Å². The van der Waals surface area contributed by atoms with Crippen molar-refractivity contribution in [2.45, 2.75) is 68.3 Å². The molecule has 1 aliphatic heterocycles. The first-order valence-corrected chi connectivity index (χ1v) is 10.1. The number of carbonyl (C=O) groups excluding carboxylic acids is 1. The monoisotopic (exact) mass is 364 g/mol. The highest BCUT2D eigenvalue weighted by molar-refractivity contribution is 8.00. The second-order valence-electron chi connectivity index (χ2n) is 7.30. The maximum atomic E-state index is 12.6. The molecule has 0 unspecified atom stereocenters. The zero-order valence-electron chi connectivity index (χ0n) is 15.1. The van der Waals surface area contributed by atoms with E-state index in [1.165, 1.54) is 56.4 Å². The van der Waals surface area contributed by atoms with Crippen LogP contribution < -0.4 is 10.9 Å². The van der Waals surface area contributed by atoms with E-state index >= 15 is 0 Å². The van der Waals surface area contributed by atoms with Gasteiger partial charge in [-0.1, -0.05) is 24.6 Å². The van der Waals surface area contributed by atoms with Gasteiger partial charge >= 0.3 is 0 Å². The van der Waals surface area contributed by atoms with Crippen LogP contribution in [0.15, 0.2) is 16.0 Å². The van der Waals surface area contributed by atoms with Crippen LogP contribution in [0.4, 0.5) is 0 Å². The molecule has 0 radical (unpaired) electrons.